The average Bonchev–Trinajstić information content (AvgIpc) is 2.94. The number of carbonyl (C=O) groups is 2. The number of ether oxygens (including phenoxy) is 1. The fourth-order valence-electron chi connectivity index (χ4n) is 2.33. The summed E-state index contributed by atoms with van der Waals surface area (Å²) in [6.45, 7) is 5.91. The van der Waals surface area contributed by atoms with Crippen molar-refractivity contribution in [2.45, 2.75) is 39.8 Å². The molecule has 0 radical (unpaired) electrons. The highest BCUT2D eigenvalue weighted by Crippen LogP contribution is 2.23. The molecule has 0 bridgehead atoms. The number of rotatable bonds is 8. The number of thiazole rings is 1. The molecule has 0 saturated carbocycles. The van der Waals surface area contributed by atoms with Crippen LogP contribution < -0.4 is 4.74 Å². The molecule has 140 valence electrons. The highest BCUT2D eigenvalue weighted by molar-refractivity contribution is 7.13. The number of halogens is 1. The molecule has 1 heterocycles. The monoisotopic (exact) mass is 396 g/mol. The molecule has 0 aliphatic rings. The van der Waals surface area contributed by atoms with Crippen molar-refractivity contribution in [1.29, 1.82) is 0 Å². The van der Waals surface area contributed by atoms with Gasteiger partial charge in [-0.2, -0.15) is 0 Å². The Morgan fingerprint density at radius 2 is 1.96 bits per heavy atom. The van der Waals surface area contributed by atoms with Crippen LogP contribution >= 0.6 is 22.9 Å². The molecular weight excluding hydrogens is 376 g/mol. The second kappa shape index (κ2) is 9.00. The SMILES string of the molecule is Cc1nc(COc2ccc(Cl)cc2)sc1C(=O)N(CCC(=O)O)C(C)C. The Labute approximate surface area is 161 Å². The van der Waals surface area contributed by atoms with Crippen LogP contribution in [0.15, 0.2) is 24.3 Å². The maximum Gasteiger partial charge on any atom is 0.305 e. The summed E-state index contributed by atoms with van der Waals surface area (Å²) in [6, 6.07) is 6.91. The van der Waals surface area contributed by atoms with Gasteiger partial charge in [0.05, 0.1) is 12.1 Å². The van der Waals surface area contributed by atoms with Gasteiger partial charge in [-0.15, -0.1) is 11.3 Å². The van der Waals surface area contributed by atoms with Crippen LogP contribution in [0.5, 0.6) is 5.75 Å². The van der Waals surface area contributed by atoms with Crippen molar-refractivity contribution in [3.63, 3.8) is 0 Å². The number of amides is 1. The third kappa shape index (κ3) is 5.44. The molecule has 26 heavy (non-hydrogen) atoms. The zero-order chi connectivity index (χ0) is 19.3. The van der Waals surface area contributed by atoms with Crippen molar-refractivity contribution < 1.29 is 19.4 Å². The summed E-state index contributed by atoms with van der Waals surface area (Å²) < 4.78 is 5.67. The lowest BCUT2D eigenvalue weighted by molar-refractivity contribution is -0.137. The van der Waals surface area contributed by atoms with E-state index >= 15 is 0 Å². The number of aryl methyl sites for hydroxylation is 1. The van der Waals surface area contributed by atoms with E-state index in [1.54, 1.807) is 36.1 Å². The molecule has 1 aromatic heterocycles. The summed E-state index contributed by atoms with van der Waals surface area (Å²) in [7, 11) is 0. The van der Waals surface area contributed by atoms with Gasteiger partial charge in [-0.25, -0.2) is 4.98 Å². The minimum atomic E-state index is -0.929. The first-order valence-electron chi connectivity index (χ1n) is 8.15. The minimum absolute atomic E-state index is 0.0890. The lowest BCUT2D eigenvalue weighted by Crippen LogP contribution is -2.38. The topological polar surface area (TPSA) is 79.7 Å². The predicted molar refractivity (Wildman–Crippen MR) is 101 cm³/mol. The number of aliphatic carboxylic acids is 1. The van der Waals surface area contributed by atoms with Crippen molar-refractivity contribution in [1.82, 2.24) is 9.88 Å². The standard InChI is InChI=1S/C18H21ClN2O4S/c1-11(2)21(9-8-16(22)23)18(24)17-12(3)20-15(26-17)10-25-14-6-4-13(19)5-7-14/h4-7,11H,8-10H2,1-3H3,(H,22,23). The van der Waals surface area contributed by atoms with Crippen LogP contribution in [0.3, 0.4) is 0 Å². The van der Waals surface area contributed by atoms with E-state index in [-0.39, 0.29) is 31.5 Å². The van der Waals surface area contributed by atoms with Gasteiger partial charge < -0.3 is 14.7 Å². The summed E-state index contributed by atoms with van der Waals surface area (Å²) in [5, 5.41) is 10.2. The fraction of sp³-hybridized carbons (Fsp3) is 0.389. The first kappa shape index (κ1) is 20.2. The van der Waals surface area contributed by atoms with E-state index in [0.717, 1.165) is 0 Å². The molecule has 0 unspecified atom stereocenters. The summed E-state index contributed by atoms with van der Waals surface area (Å²) >= 11 is 7.11. The van der Waals surface area contributed by atoms with Crippen LogP contribution in [0.1, 0.15) is 40.6 Å². The lowest BCUT2D eigenvalue weighted by atomic mass is 10.2. The smallest absolute Gasteiger partial charge is 0.305 e. The number of benzene rings is 1. The Hall–Kier alpha value is -2.12. The third-order valence-corrected chi connectivity index (χ3v) is 5.03. The van der Waals surface area contributed by atoms with Gasteiger partial charge in [-0.3, -0.25) is 9.59 Å². The van der Waals surface area contributed by atoms with Gasteiger partial charge in [0.15, 0.2) is 0 Å². The van der Waals surface area contributed by atoms with E-state index in [1.807, 2.05) is 13.8 Å². The van der Waals surface area contributed by atoms with Crippen LogP contribution in [-0.2, 0) is 11.4 Å². The maximum absolute atomic E-state index is 12.8. The Morgan fingerprint density at radius 3 is 2.54 bits per heavy atom. The zero-order valence-electron chi connectivity index (χ0n) is 14.9. The molecule has 8 heteroatoms. The Morgan fingerprint density at radius 1 is 1.31 bits per heavy atom. The first-order valence-corrected chi connectivity index (χ1v) is 9.34. The van der Waals surface area contributed by atoms with Crippen molar-refractivity contribution in [3.05, 3.63) is 44.9 Å². The molecule has 1 amide bonds. The number of nitrogens with zero attached hydrogens (tertiary/aromatic N) is 2. The van der Waals surface area contributed by atoms with Gasteiger partial charge in [0.1, 0.15) is 22.2 Å². The summed E-state index contributed by atoms with van der Waals surface area (Å²) in [5.74, 6) is -0.462. The Bertz CT molecular complexity index is 774. The van der Waals surface area contributed by atoms with E-state index in [9.17, 15) is 9.59 Å². The molecule has 0 saturated heterocycles. The van der Waals surface area contributed by atoms with Crippen molar-refractivity contribution >= 4 is 34.8 Å². The molecule has 0 atom stereocenters. The number of carboxylic acids is 1. The number of aromatic nitrogens is 1. The number of hydrogen-bond acceptors (Lipinski definition) is 5. The largest absolute Gasteiger partial charge is 0.486 e. The zero-order valence-corrected chi connectivity index (χ0v) is 16.4. The van der Waals surface area contributed by atoms with Crippen LogP contribution in [0.4, 0.5) is 0 Å². The molecule has 1 aromatic carbocycles. The summed E-state index contributed by atoms with van der Waals surface area (Å²) in [5.41, 5.74) is 0.621. The molecule has 6 nitrogen and oxygen atoms in total. The van der Waals surface area contributed by atoms with E-state index in [2.05, 4.69) is 4.98 Å². The molecule has 0 aliphatic heterocycles. The summed E-state index contributed by atoms with van der Waals surface area (Å²) in [4.78, 5) is 30.1. The van der Waals surface area contributed by atoms with Gasteiger partial charge in [0.2, 0.25) is 0 Å². The first-order chi connectivity index (χ1) is 12.3. The number of carboxylic acid groups (broad SMARTS) is 1. The van der Waals surface area contributed by atoms with Gasteiger partial charge in [-0.1, -0.05) is 11.6 Å². The minimum Gasteiger partial charge on any atom is -0.486 e. The normalized spacial score (nSPS) is 10.8. The quantitative estimate of drug-likeness (QED) is 0.729. The van der Waals surface area contributed by atoms with Crippen LogP contribution in [-0.4, -0.2) is 39.5 Å². The molecule has 2 aromatic rings. The molecule has 0 aliphatic carbocycles. The van der Waals surface area contributed by atoms with Gasteiger partial charge in [-0.05, 0) is 45.0 Å². The van der Waals surface area contributed by atoms with Crippen molar-refractivity contribution in [3.8, 4) is 5.75 Å². The molecule has 0 fully saturated rings. The van der Waals surface area contributed by atoms with E-state index in [0.29, 0.717) is 26.4 Å². The van der Waals surface area contributed by atoms with Gasteiger partial charge >= 0.3 is 5.97 Å². The number of carbonyl (C=O) groups excluding carboxylic acids is 1. The second-order valence-corrected chi connectivity index (χ2v) is 7.52. The maximum atomic E-state index is 12.8. The molecular formula is C18H21ClN2O4S. The van der Waals surface area contributed by atoms with Crippen LogP contribution in [0, 0.1) is 6.92 Å². The van der Waals surface area contributed by atoms with E-state index in [1.165, 1.54) is 11.3 Å². The van der Waals surface area contributed by atoms with Crippen LogP contribution in [0.2, 0.25) is 5.02 Å². The summed E-state index contributed by atoms with van der Waals surface area (Å²) in [6.07, 6.45) is -0.0890. The average molecular weight is 397 g/mol. The lowest BCUT2D eigenvalue weighted by Gasteiger charge is -2.25. The predicted octanol–water partition coefficient (Wildman–Crippen LogP) is 4.01. The van der Waals surface area contributed by atoms with E-state index < -0.39 is 5.97 Å². The van der Waals surface area contributed by atoms with Gasteiger partial charge in [0, 0.05) is 17.6 Å². The van der Waals surface area contributed by atoms with E-state index in [4.69, 9.17) is 21.4 Å². The molecule has 1 N–H and O–H groups in total. The van der Waals surface area contributed by atoms with Gasteiger partial charge in [0.25, 0.3) is 5.91 Å². The second-order valence-electron chi connectivity index (χ2n) is 6.00. The Kier molecular flexibility index (Phi) is 6.99. The van der Waals surface area contributed by atoms with Crippen molar-refractivity contribution in [2.75, 3.05) is 6.54 Å². The Balaban J connectivity index is 2.08. The third-order valence-electron chi connectivity index (χ3n) is 3.66. The van der Waals surface area contributed by atoms with Crippen molar-refractivity contribution in [2.24, 2.45) is 0 Å². The number of hydrogen-bond donors (Lipinski definition) is 1. The fourth-order valence-corrected chi connectivity index (χ4v) is 3.39. The highest BCUT2D eigenvalue weighted by Gasteiger charge is 2.24. The highest BCUT2D eigenvalue weighted by atomic mass is 35.5. The molecule has 2 rings (SSSR count). The molecule has 0 spiro atoms. The van der Waals surface area contributed by atoms with Crippen LogP contribution in [0.25, 0.3) is 0 Å².